The summed E-state index contributed by atoms with van der Waals surface area (Å²) in [7, 11) is 0. The molecular formula is C9H8ClN5. The van der Waals surface area contributed by atoms with Crippen LogP contribution in [-0.4, -0.2) is 28.0 Å². The first-order valence-electron chi connectivity index (χ1n) is 4.19. The van der Waals surface area contributed by atoms with Crippen LogP contribution in [0.3, 0.4) is 0 Å². The molecule has 6 heteroatoms. The van der Waals surface area contributed by atoms with Crippen LogP contribution in [0, 0.1) is 22.7 Å². The Labute approximate surface area is 92.5 Å². The number of rotatable bonds is 4. The van der Waals surface area contributed by atoms with Crippen molar-refractivity contribution in [3.05, 3.63) is 23.2 Å². The molecule has 0 spiro atoms. The number of nitriles is 2. The molecule has 0 saturated heterocycles. The minimum atomic E-state index is 0.192. The first kappa shape index (κ1) is 11.4. The second-order valence-corrected chi connectivity index (χ2v) is 3.18. The first-order valence-corrected chi connectivity index (χ1v) is 4.56. The molecule has 0 aliphatic heterocycles. The Bertz CT molecular complexity index is 372. The maximum absolute atomic E-state index is 8.53. The summed E-state index contributed by atoms with van der Waals surface area (Å²) in [4.78, 5) is 9.56. The molecule has 15 heavy (non-hydrogen) atoms. The lowest BCUT2D eigenvalue weighted by Gasteiger charge is -2.13. The molecule has 0 bridgehead atoms. The van der Waals surface area contributed by atoms with Gasteiger partial charge in [-0.2, -0.15) is 10.5 Å². The van der Waals surface area contributed by atoms with Crippen LogP contribution in [0.1, 0.15) is 5.69 Å². The molecule has 0 radical (unpaired) electrons. The average molecular weight is 222 g/mol. The predicted octanol–water partition coefficient (Wildman–Crippen LogP) is 0.979. The largest absolute Gasteiger partial charge is 0.271 e. The number of nitrogens with zero attached hydrogens (tertiary/aromatic N) is 5. The lowest BCUT2D eigenvalue weighted by Crippen LogP contribution is -2.24. The van der Waals surface area contributed by atoms with E-state index in [2.05, 4.69) is 9.97 Å². The van der Waals surface area contributed by atoms with Crippen molar-refractivity contribution in [1.29, 1.82) is 10.5 Å². The van der Waals surface area contributed by atoms with Crippen molar-refractivity contribution in [1.82, 2.24) is 14.9 Å². The van der Waals surface area contributed by atoms with Gasteiger partial charge < -0.3 is 0 Å². The highest BCUT2D eigenvalue weighted by molar-refractivity contribution is 6.29. The summed E-state index contributed by atoms with van der Waals surface area (Å²) in [5.41, 5.74) is 0.685. The highest BCUT2D eigenvalue weighted by Gasteiger charge is 2.05. The van der Waals surface area contributed by atoms with Gasteiger partial charge in [0.2, 0.25) is 0 Å². The summed E-state index contributed by atoms with van der Waals surface area (Å²) in [6.07, 6.45) is 2.97. The number of aromatic nitrogens is 2. The number of halogens is 1. The van der Waals surface area contributed by atoms with Crippen LogP contribution in [0.15, 0.2) is 12.4 Å². The number of hydrogen-bond acceptors (Lipinski definition) is 5. The standard InChI is InChI=1S/C9H8ClN5/c10-9-6-13-8(5-14-9)7-15(3-1-11)4-2-12/h5-6H,3-4,7H2. The van der Waals surface area contributed by atoms with Gasteiger partial charge in [0.25, 0.3) is 0 Å². The zero-order chi connectivity index (χ0) is 11.1. The zero-order valence-corrected chi connectivity index (χ0v) is 8.65. The van der Waals surface area contributed by atoms with Crippen LogP contribution in [-0.2, 0) is 6.54 Å². The van der Waals surface area contributed by atoms with Gasteiger partial charge in [0, 0.05) is 6.54 Å². The van der Waals surface area contributed by atoms with Crippen molar-refractivity contribution >= 4 is 11.6 Å². The van der Waals surface area contributed by atoms with Crippen LogP contribution >= 0.6 is 11.6 Å². The Morgan fingerprint density at radius 1 is 1.20 bits per heavy atom. The molecule has 76 valence electrons. The van der Waals surface area contributed by atoms with Crippen LogP contribution in [0.5, 0.6) is 0 Å². The van der Waals surface area contributed by atoms with E-state index in [-0.39, 0.29) is 13.1 Å². The predicted molar refractivity (Wildman–Crippen MR) is 53.5 cm³/mol. The van der Waals surface area contributed by atoms with Crippen molar-refractivity contribution < 1.29 is 0 Å². The van der Waals surface area contributed by atoms with E-state index in [1.807, 2.05) is 12.1 Å². The number of hydrogen-bond donors (Lipinski definition) is 0. The average Bonchev–Trinajstić information content (AvgIpc) is 2.22. The quantitative estimate of drug-likeness (QED) is 0.709. The Balaban J connectivity index is 2.62. The third-order valence-electron chi connectivity index (χ3n) is 1.65. The molecule has 1 heterocycles. The van der Waals surface area contributed by atoms with Crippen LogP contribution < -0.4 is 0 Å². The van der Waals surface area contributed by atoms with Crippen LogP contribution in [0.25, 0.3) is 0 Å². The van der Waals surface area contributed by atoms with Crippen LogP contribution in [0.2, 0.25) is 5.15 Å². The van der Waals surface area contributed by atoms with Gasteiger partial charge in [-0.15, -0.1) is 0 Å². The zero-order valence-electron chi connectivity index (χ0n) is 7.89. The summed E-state index contributed by atoms with van der Waals surface area (Å²) < 4.78 is 0. The minimum Gasteiger partial charge on any atom is -0.271 e. The van der Waals surface area contributed by atoms with E-state index in [9.17, 15) is 0 Å². The second kappa shape index (κ2) is 5.92. The summed E-state index contributed by atoms with van der Waals surface area (Å²) >= 11 is 5.58. The summed E-state index contributed by atoms with van der Waals surface area (Å²) in [5, 5.41) is 17.4. The van der Waals surface area contributed by atoms with Crippen molar-refractivity contribution in [2.24, 2.45) is 0 Å². The third kappa shape index (κ3) is 3.90. The summed E-state index contributed by atoms with van der Waals surface area (Å²) in [6.45, 7) is 0.807. The lowest BCUT2D eigenvalue weighted by molar-refractivity contribution is 0.330. The molecule has 1 aromatic heterocycles. The molecule has 0 aliphatic carbocycles. The van der Waals surface area contributed by atoms with E-state index >= 15 is 0 Å². The molecule has 0 N–H and O–H groups in total. The molecule has 0 aromatic carbocycles. The van der Waals surface area contributed by atoms with Crippen molar-refractivity contribution in [2.45, 2.75) is 6.54 Å². The van der Waals surface area contributed by atoms with Gasteiger partial charge in [0.05, 0.1) is 43.3 Å². The van der Waals surface area contributed by atoms with Gasteiger partial charge in [-0.05, 0) is 0 Å². The summed E-state index contributed by atoms with van der Waals surface area (Å²) in [6, 6.07) is 3.97. The van der Waals surface area contributed by atoms with E-state index in [0.29, 0.717) is 17.4 Å². The molecular weight excluding hydrogens is 214 g/mol. The monoisotopic (exact) mass is 221 g/mol. The molecule has 0 fully saturated rings. The topological polar surface area (TPSA) is 76.6 Å². The van der Waals surface area contributed by atoms with Gasteiger partial charge in [-0.3, -0.25) is 9.88 Å². The molecule has 0 unspecified atom stereocenters. The highest BCUT2D eigenvalue weighted by atomic mass is 35.5. The molecule has 0 aliphatic rings. The van der Waals surface area contributed by atoms with E-state index in [4.69, 9.17) is 22.1 Å². The Kier molecular flexibility index (Phi) is 4.49. The molecule has 0 amide bonds. The molecule has 1 aromatic rings. The van der Waals surface area contributed by atoms with Gasteiger partial charge in [0.1, 0.15) is 5.15 Å². The van der Waals surface area contributed by atoms with Gasteiger partial charge in [-0.25, -0.2) is 4.98 Å². The van der Waals surface area contributed by atoms with Crippen molar-refractivity contribution in [2.75, 3.05) is 13.1 Å². The Morgan fingerprint density at radius 2 is 1.87 bits per heavy atom. The fraction of sp³-hybridized carbons (Fsp3) is 0.333. The van der Waals surface area contributed by atoms with Crippen molar-refractivity contribution in [3.63, 3.8) is 0 Å². The van der Waals surface area contributed by atoms with Gasteiger partial charge in [-0.1, -0.05) is 11.6 Å². The maximum Gasteiger partial charge on any atom is 0.147 e. The smallest absolute Gasteiger partial charge is 0.147 e. The lowest BCUT2D eigenvalue weighted by atomic mass is 10.4. The highest BCUT2D eigenvalue weighted by Crippen LogP contribution is 2.03. The fourth-order valence-electron chi connectivity index (χ4n) is 1.02. The second-order valence-electron chi connectivity index (χ2n) is 2.79. The first-order chi connectivity index (χ1) is 7.26. The van der Waals surface area contributed by atoms with E-state index in [1.54, 1.807) is 4.90 Å². The van der Waals surface area contributed by atoms with Gasteiger partial charge in [0.15, 0.2) is 0 Å². The Morgan fingerprint density at radius 3 is 2.33 bits per heavy atom. The van der Waals surface area contributed by atoms with E-state index in [1.165, 1.54) is 12.4 Å². The fourth-order valence-corrected chi connectivity index (χ4v) is 1.12. The molecule has 5 nitrogen and oxygen atoms in total. The van der Waals surface area contributed by atoms with E-state index < -0.39 is 0 Å². The molecule has 0 saturated carbocycles. The van der Waals surface area contributed by atoms with Gasteiger partial charge >= 0.3 is 0 Å². The molecule has 0 atom stereocenters. The minimum absolute atomic E-state index is 0.192. The van der Waals surface area contributed by atoms with Crippen molar-refractivity contribution in [3.8, 4) is 12.1 Å². The SMILES string of the molecule is N#CCN(CC#N)Cc1cnc(Cl)cn1. The van der Waals surface area contributed by atoms with Crippen LogP contribution in [0.4, 0.5) is 0 Å². The Hall–Kier alpha value is -1.69. The maximum atomic E-state index is 8.53. The molecule has 1 rings (SSSR count). The normalized spacial score (nSPS) is 9.60. The summed E-state index contributed by atoms with van der Waals surface area (Å²) in [5.74, 6) is 0. The van der Waals surface area contributed by atoms with E-state index in [0.717, 1.165) is 0 Å². The third-order valence-corrected chi connectivity index (χ3v) is 1.84.